The molecule has 17 heavy (non-hydrogen) atoms. The zero-order valence-electron chi connectivity index (χ0n) is 9.13. The molecule has 0 heterocycles. The molecule has 96 valence electrons. The lowest BCUT2D eigenvalue weighted by Gasteiger charge is -2.09. The van der Waals surface area contributed by atoms with Crippen molar-refractivity contribution < 1.29 is 8.42 Å². The van der Waals surface area contributed by atoms with Crippen LogP contribution in [-0.2, 0) is 10.0 Å². The quantitative estimate of drug-likeness (QED) is 0.544. The van der Waals surface area contributed by atoms with Gasteiger partial charge < -0.3 is 0 Å². The van der Waals surface area contributed by atoms with Gasteiger partial charge in [0.05, 0.1) is 4.90 Å². The van der Waals surface area contributed by atoms with E-state index in [1.165, 1.54) is 0 Å². The van der Waals surface area contributed by atoms with Crippen LogP contribution < -0.4 is 4.72 Å². The molecule has 0 saturated heterocycles. The summed E-state index contributed by atoms with van der Waals surface area (Å²) in [6.07, 6.45) is 1.78. The summed E-state index contributed by atoms with van der Waals surface area (Å²) in [6.45, 7) is 2.47. The van der Waals surface area contributed by atoms with Crippen molar-refractivity contribution in [1.29, 1.82) is 0 Å². The third-order valence-corrected chi connectivity index (χ3v) is 6.35. The Kier molecular flexibility index (Phi) is 6.12. The molecule has 1 aromatic carbocycles. The summed E-state index contributed by atoms with van der Waals surface area (Å²) in [4.78, 5) is 0.240. The fraction of sp³-hybridized carbons (Fsp3) is 0.400. The first-order valence-electron chi connectivity index (χ1n) is 5.02. The monoisotopic (exact) mass is 447 g/mol. The molecule has 0 atom stereocenters. The Balaban J connectivity index is 3.03. The van der Waals surface area contributed by atoms with Crippen LogP contribution in [0, 0.1) is 0 Å². The van der Waals surface area contributed by atoms with Crippen molar-refractivity contribution in [1.82, 2.24) is 4.72 Å². The Morgan fingerprint density at radius 2 is 1.71 bits per heavy atom. The van der Waals surface area contributed by atoms with Gasteiger partial charge in [0.15, 0.2) is 0 Å². The molecule has 0 spiro atoms. The van der Waals surface area contributed by atoms with Gasteiger partial charge in [-0.1, -0.05) is 13.3 Å². The van der Waals surface area contributed by atoms with E-state index in [1.54, 1.807) is 12.1 Å². The minimum absolute atomic E-state index is 0.240. The molecule has 0 aliphatic rings. The first-order chi connectivity index (χ1) is 7.88. The number of rotatable bonds is 5. The standard InChI is InChI=1S/C10H12Br3NO2S/c1-2-3-4-14-17(15,16)10-6-8(12)7(11)5-9(10)13/h5-6,14H,2-4H2,1H3. The number of benzene rings is 1. The average molecular weight is 450 g/mol. The van der Waals surface area contributed by atoms with Gasteiger partial charge in [0.25, 0.3) is 0 Å². The Morgan fingerprint density at radius 3 is 2.29 bits per heavy atom. The summed E-state index contributed by atoms with van der Waals surface area (Å²) in [5, 5.41) is 0. The molecule has 0 unspecified atom stereocenters. The Hall–Kier alpha value is 0.570. The Bertz CT molecular complexity index is 503. The van der Waals surface area contributed by atoms with Crippen molar-refractivity contribution in [3.05, 3.63) is 25.6 Å². The van der Waals surface area contributed by atoms with Gasteiger partial charge in [-0.25, -0.2) is 13.1 Å². The minimum atomic E-state index is -3.45. The molecule has 3 nitrogen and oxygen atoms in total. The summed E-state index contributed by atoms with van der Waals surface area (Å²) < 4.78 is 28.6. The van der Waals surface area contributed by atoms with E-state index in [2.05, 4.69) is 52.5 Å². The van der Waals surface area contributed by atoms with Crippen molar-refractivity contribution in [3.8, 4) is 0 Å². The van der Waals surface area contributed by atoms with Crippen LogP contribution in [0.1, 0.15) is 19.8 Å². The molecule has 0 aliphatic carbocycles. The second-order valence-electron chi connectivity index (χ2n) is 3.45. The van der Waals surface area contributed by atoms with E-state index in [1.807, 2.05) is 6.92 Å². The SMILES string of the molecule is CCCCNS(=O)(=O)c1cc(Br)c(Br)cc1Br. The van der Waals surface area contributed by atoms with Crippen molar-refractivity contribution in [2.24, 2.45) is 0 Å². The number of sulfonamides is 1. The van der Waals surface area contributed by atoms with Gasteiger partial charge in [-0.3, -0.25) is 0 Å². The second-order valence-corrected chi connectivity index (χ2v) is 7.75. The van der Waals surface area contributed by atoms with Crippen LogP contribution in [-0.4, -0.2) is 15.0 Å². The molecular weight excluding hydrogens is 438 g/mol. The van der Waals surface area contributed by atoms with E-state index >= 15 is 0 Å². The Labute approximate surface area is 127 Å². The molecule has 0 amide bonds. The second kappa shape index (κ2) is 6.65. The number of halogens is 3. The third kappa shape index (κ3) is 4.31. The summed E-state index contributed by atoms with van der Waals surface area (Å²) >= 11 is 9.87. The molecule has 0 fully saturated rings. The maximum Gasteiger partial charge on any atom is 0.241 e. The minimum Gasteiger partial charge on any atom is -0.211 e. The molecule has 1 aromatic rings. The van der Waals surface area contributed by atoms with E-state index in [4.69, 9.17) is 0 Å². The summed E-state index contributed by atoms with van der Waals surface area (Å²) in [7, 11) is -3.45. The maximum atomic E-state index is 12.0. The normalized spacial score (nSPS) is 11.8. The van der Waals surface area contributed by atoms with Crippen molar-refractivity contribution in [2.75, 3.05) is 6.54 Å². The van der Waals surface area contributed by atoms with E-state index < -0.39 is 10.0 Å². The van der Waals surface area contributed by atoms with Gasteiger partial charge in [-0.15, -0.1) is 0 Å². The molecule has 0 aliphatic heterocycles. The zero-order valence-corrected chi connectivity index (χ0v) is 14.7. The number of hydrogen-bond donors (Lipinski definition) is 1. The highest BCUT2D eigenvalue weighted by molar-refractivity contribution is 9.13. The molecular formula is C10H12Br3NO2S. The molecule has 1 N–H and O–H groups in total. The first kappa shape index (κ1) is 15.6. The van der Waals surface area contributed by atoms with Gasteiger partial charge in [0, 0.05) is 20.0 Å². The van der Waals surface area contributed by atoms with E-state index in [9.17, 15) is 8.42 Å². The largest absolute Gasteiger partial charge is 0.241 e. The van der Waals surface area contributed by atoms with Crippen LogP contribution in [0.25, 0.3) is 0 Å². The molecule has 0 bridgehead atoms. The lowest BCUT2D eigenvalue weighted by Crippen LogP contribution is -2.25. The Morgan fingerprint density at radius 1 is 1.12 bits per heavy atom. The molecule has 1 rings (SSSR count). The molecule has 0 radical (unpaired) electrons. The third-order valence-electron chi connectivity index (χ3n) is 2.09. The fourth-order valence-electron chi connectivity index (χ4n) is 1.17. The highest BCUT2D eigenvalue weighted by Gasteiger charge is 2.18. The van der Waals surface area contributed by atoms with Gasteiger partial charge in [0.2, 0.25) is 10.0 Å². The average Bonchev–Trinajstić information content (AvgIpc) is 2.23. The van der Waals surface area contributed by atoms with Crippen LogP contribution in [0.5, 0.6) is 0 Å². The van der Waals surface area contributed by atoms with Gasteiger partial charge in [-0.05, 0) is 66.3 Å². The summed E-state index contributed by atoms with van der Waals surface area (Å²) in [5.41, 5.74) is 0. The van der Waals surface area contributed by atoms with Crippen LogP contribution in [0.15, 0.2) is 30.4 Å². The predicted octanol–water partition coefficient (Wildman–Crippen LogP) is 4.05. The van der Waals surface area contributed by atoms with E-state index in [-0.39, 0.29) is 4.90 Å². The van der Waals surface area contributed by atoms with Gasteiger partial charge in [0.1, 0.15) is 0 Å². The van der Waals surface area contributed by atoms with Crippen LogP contribution in [0.2, 0.25) is 0 Å². The van der Waals surface area contributed by atoms with Crippen LogP contribution in [0.3, 0.4) is 0 Å². The maximum absolute atomic E-state index is 12.0. The molecule has 0 saturated carbocycles. The van der Waals surface area contributed by atoms with E-state index in [0.29, 0.717) is 15.5 Å². The van der Waals surface area contributed by atoms with Crippen molar-refractivity contribution in [3.63, 3.8) is 0 Å². The lowest BCUT2D eigenvalue weighted by molar-refractivity contribution is 0.578. The van der Waals surface area contributed by atoms with Crippen LogP contribution >= 0.6 is 47.8 Å². The highest BCUT2D eigenvalue weighted by atomic mass is 79.9. The summed E-state index contributed by atoms with van der Waals surface area (Å²) in [5.74, 6) is 0. The zero-order chi connectivity index (χ0) is 13.1. The lowest BCUT2D eigenvalue weighted by atomic mass is 10.3. The first-order valence-corrected chi connectivity index (χ1v) is 8.89. The highest BCUT2D eigenvalue weighted by Crippen LogP contribution is 2.32. The van der Waals surface area contributed by atoms with Crippen molar-refractivity contribution in [2.45, 2.75) is 24.7 Å². The topological polar surface area (TPSA) is 46.2 Å². The predicted molar refractivity (Wildman–Crippen MR) is 79.6 cm³/mol. The molecule has 0 aromatic heterocycles. The van der Waals surface area contributed by atoms with Gasteiger partial charge >= 0.3 is 0 Å². The fourth-order valence-corrected chi connectivity index (χ4v) is 4.46. The van der Waals surface area contributed by atoms with Gasteiger partial charge in [-0.2, -0.15) is 0 Å². The number of nitrogens with one attached hydrogen (secondary N) is 1. The van der Waals surface area contributed by atoms with E-state index in [0.717, 1.165) is 17.3 Å². The number of unbranched alkanes of at least 4 members (excludes halogenated alkanes) is 1. The molecule has 7 heteroatoms. The van der Waals surface area contributed by atoms with Crippen molar-refractivity contribution >= 4 is 57.8 Å². The number of hydrogen-bond acceptors (Lipinski definition) is 2. The van der Waals surface area contributed by atoms with Crippen LogP contribution in [0.4, 0.5) is 0 Å². The summed E-state index contributed by atoms with van der Waals surface area (Å²) in [6, 6.07) is 3.28. The smallest absolute Gasteiger partial charge is 0.211 e.